The van der Waals surface area contributed by atoms with Gasteiger partial charge in [-0.2, -0.15) is 0 Å². The van der Waals surface area contributed by atoms with Crippen LogP contribution in [0.4, 0.5) is 0 Å². The van der Waals surface area contributed by atoms with E-state index in [4.69, 9.17) is 5.73 Å². The van der Waals surface area contributed by atoms with Gasteiger partial charge in [-0.25, -0.2) is 0 Å². The van der Waals surface area contributed by atoms with Gasteiger partial charge in [-0.15, -0.1) is 0 Å². The number of hydrogen-bond donors (Lipinski definition) is 2. The summed E-state index contributed by atoms with van der Waals surface area (Å²) >= 11 is 0. The van der Waals surface area contributed by atoms with E-state index in [9.17, 15) is 0 Å². The molecule has 0 saturated heterocycles. The normalized spacial score (nSPS) is 27.8. The second-order valence-electron chi connectivity index (χ2n) is 4.57. The molecule has 0 aromatic rings. The van der Waals surface area contributed by atoms with E-state index in [2.05, 4.69) is 5.32 Å². The standard InChI is InChI=1S/C10H20N2/c11-7-10(5-6-10)8-12-9-3-1-2-4-9/h9,12H,1-8,11H2. The highest BCUT2D eigenvalue weighted by molar-refractivity contribution is 4.96. The summed E-state index contributed by atoms with van der Waals surface area (Å²) in [4.78, 5) is 0. The van der Waals surface area contributed by atoms with Crippen molar-refractivity contribution in [1.29, 1.82) is 0 Å². The molecule has 0 aromatic heterocycles. The average Bonchev–Trinajstić information content (AvgIpc) is 2.70. The molecule has 70 valence electrons. The van der Waals surface area contributed by atoms with Gasteiger partial charge in [0.05, 0.1) is 0 Å². The van der Waals surface area contributed by atoms with Gasteiger partial charge >= 0.3 is 0 Å². The van der Waals surface area contributed by atoms with Gasteiger partial charge in [0, 0.05) is 12.6 Å². The minimum atomic E-state index is 0.516. The van der Waals surface area contributed by atoms with Crippen molar-refractivity contribution in [3.63, 3.8) is 0 Å². The van der Waals surface area contributed by atoms with E-state index in [1.807, 2.05) is 0 Å². The minimum Gasteiger partial charge on any atom is -0.330 e. The largest absolute Gasteiger partial charge is 0.330 e. The highest BCUT2D eigenvalue weighted by Crippen LogP contribution is 2.43. The topological polar surface area (TPSA) is 38.0 Å². The molecule has 12 heavy (non-hydrogen) atoms. The zero-order valence-corrected chi connectivity index (χ0v) is 7.81. The van der Waals surface area contributed by atoms with Gasteiger partial charge in [-0.1, -0.05) is 12.8 Å². The Kier molecular flexibility index (Phi) is 2.37. The SMILES string of the molecule is NCC1(CNC2CCCC2)CC1. The minimum absolute atomic E-state index is 0.516. The maximum atomic E-state index is 5.71. The number of hydrogen-bond acceptors (Lipinski definition) is 2. The van der Waals surface area contributed by atoms with Crippen LogP contribution in [0.25, 0.3) is 0 Å². The fourth-order valence-corrected chi connectivity index (χ4v) is 2.12. The molecule has 2 rings (SSSR count). The Morgan fingerprint density at radius 2 is 1.92 bits per heavy atom. The molecule has 0 spiro atoms. The Morgan fingerprint density at radius 1 is 1.25 bits per heavy atom. The summed E-state index contributed by atoms with van der Waals surface area (Å²) in [5, 5.41) is 3.66. The summed E-state index contributed by atoms with van der Waals surface area (Å²) in [5.74, 6) is 0. The van der Waals surface area contributed by atoms with Crippen LogP contribution < -0.4 is 11.1 Å². The summed E-state index contributed by atoms with van der Waals surface area (Å²) in [7, 11) is 0. The Labute approximate surface area is 74.9 Å². The Morgan fingerprint density at radius 3 is 2.42 bits per heavy atom. The maximum Gasteiger partial charge on any atom is 0.00673 e. The summed E-state index contributed by atoms with van der Waals surface area (Å²) < 4.78 is 0. The lowest BCUT2D eigenvalue weighted by molar-refractivity contribution is 0.418. The van der Waals surface area contributed by atoms with Crippen molar-refractivity contribution in [2.75, 3.05) is 13.1 Å². The molecule has 2 fully saturated rings. The molecule has 2 heteroatoms. The van der Waals surface area contributed by atoms with Gasteiger partial charge in [0.15, 0.2) is 0 Å². The average molecular weight is 168 g/mol. The third kappa shape index (κ3) is 1.80. The van der Waals surface area contributed by atoms with Gasteiger partial charge in [0.1, 0.15) is 0 Å². The van der Waals surface area contributed by atoms with Crippen LogP contribution in [0.5, 0.6) is 0 Å². The van der Waals surface area contributed by atoms with Crippen LogP contribution in [-0.4, -0.2) is 19.1 Å². The van der Waals surface area contributed by atoms with E-state index in [1.54, 1.807) is 0 Å². The van der Waals surface area contributed by atoms with Crippen molar-refractivity contribution >= 4 is 0 Å². The lowest BCUT2D eigenvalue weighted by Crippen LogP contribution is -2.35. The second-order valence-corrected chi connectivity index (χ2v) is 4.57. The first-order valence-corrected chi connectivity index (χ1v) is 5.28. The molecular weight excluding hydrogens is 148 g/mol. The van der Waals surface area contributed by atoms with Crippen molar-refractivity contribution in [2.45, 2.75) is 44.6 Å². The van der Waals surface area contributed by atoms with Crippen molar-refractivity contribution in [3.05, 3.63) is 0 Å². The van der Waals surface area contributed by atoms with Gasteiger partial charge < -0.3 is 11.1 Å². The van der Waals surface area contributed by atoms with Crippen LogP contribution in [-0.2, 0) is 0 Å². The molecule has 2 aliphatic rings. The van der Waals surface area contributed by atoms with Crippen molar-refractivity contribution in [1.82, 2.24) is 5.32 Å². The molecule has 2 saturated carbocycles. The van der Waals surface area contributed by atoms with Crippen molar-refractivity contribution in [2.24, 2.45) is 11.1 Å². The number of nitrogens with one attached hydrogen (secondary N) is 1. The Bertz CT molecular complexity index is 146. The van der Waals surface area contributed by atoms with E-state index in [-0.39, 0.29) is 0 Å². The van der Waals surface area contributed by atoms with E-state index in [1.165, 1.54) is 45.1 Å². The van der Waals surface area contributed by atoms with Crippen molar-refractivity contribution in [3.8, 4) is 0 Å². The monoisotopic (exact) mass is 168 g/mol. The third-order valence-corrected chi connectivity index (χ3v) is 3.51. The van der Waals surface area contributed by atoms with Crippen LogP contribution in [0, 0.1) is 5.41 Å². The van der Waals surface area contributed by atoms with E-state index < -0.39 is 0 Å². The molecule has 0 amide bonds. The molecule has 3 N–H and O–H groups in total. The summed E-state index contributed by atoms with van der Waals surface area (Å²) in [6, 6.07) is 0.814. The first kappa shape index (κ1) is 8.52. The summed E-state index contributed by atoms with van der Waals surface area (Å²) in [5.41, 5.74) is 6.23. The highest BCUT2D eigenvalue weighted by Gasteiger charge is 2.41. The first-order chi connectivity index (χ1) is 5.85. The molecule has 2 nitrogen and oxygen atoms in total. The lowest BCUT2D eigenvalue weighted by Gasteiger charge is -2.17. The van der Waals surface area contributed by atoms with Crippen LogP contribution in [0.1, 0.15) is 38.5 Å². The van der Waals surface area contributed by atoms with Gasteiger partial charge in [0.2, 0.25) is 0 Å². The molecular formula is C10H20N2. The number of rotatable bonds is 4. The van der Waals surface area contributed by atoms with Crippen LogP contribution >= 0.6 is 0 Å². The lowest BCUT2D eigenvalue weighted by atomic mass is 10.1. The van der Waals surface area contributed by atoms with Crippen LogP contribution in [0.15, 0.2) is 0 Å². The van der Waals surface area contributed by atoms with Gasteiger partial charge in [-0.05, 0) is 37.6 Å². The predicted molar refractivity (Wildman–Crippen MR) is 51.0 cm³/mol. The second kappa shape index (κ2) is 3.35. The zero-order valence-electron chi connectivity index (χ0n) is 7.81. The molecule has 0 heterocycles. The van der Waals surface area contributed by atoms with Gasteiger partial charge in [0.25, 0.3) is 0 Å². The molecule has 0 atom stereocenters. The molecule has 0 radical (unpaired) electrons. The van der Waals surface area contributed by atoms with Crippen LogP contribution in [0.3, 0.4) is 0 Å². The molecule has 0 aromatic carbocycles. The smallest absolute Gasteiger partial charge is 0.00673 e. The Hall–Kier alpha value is -0.0800. The molecule has 0 bridgehead atoms. The fraction of sp³-hybridized carbons (Fsp3) is 1.00. The zero-order chi connectivity index (χ0) is 8.44. The summed E-state index contributed by atoms with van der Waals surface area (Å²) in [6.45, 7) is 2.06. The van der Waals surface area contributed by atoms with Gasteiger partial charge in [-0.3, -0.25) is 0 Å². The van der Waals surface area contributed by atoms with Crippen molar-refractivity contribution < 1.29 is 0 Å². The fourth-order valence-electron chi connectivity index (χ4n) is 2.12. The third-order valence-electron chi connectivity index (χ3n) is 3.51. The predicted octanol–water partition coefficient (Wildman–Crippen LogP) is 1.26. The molecule has 2 aliphatic carbocycles. The first-order valence-electron chi connectivity index (χ1n) is 5.28. The maximum absolute atomic E-state index is 5.71. The van der Waals surface area contributed by atoms with E-state index in [0.717, 1.165) is 12.6 Å². The molecule has 0 aliphatic heterocycles. The Balaban J connectivity index is 1.67. The van der Waals surface area contributed by atoms with Crippen LogP contribution in [0.2, 0.25) is 0 Å². The highest BCUT2D eigenvalue weighted by atomic mass is 14.9. The van der Waals surface area contributed by atoms with E-state index >= 15 is 0 Å². The van der Waals surface area contributed by atoms with E-state index in [0.29, 0.717) is 5.41 Å². The summed E-state index contributed by atoms with van der Waals surface area (Å²) in [6.07, 6.45) is 8.33. The quantitative estimate of drug-likeness (QED) is 0.663. The number of nitrogens with two attached hydrogens (primary N) is 1. The molecule has 0 unspecified atom stereocenters.